The molecule has 0 aliphatic carbocycles. The number of hydrogen-bond acceptors (Lipinski definition) is 2. The summed E-state index contributed by atoms with van der Waals surface area (Å²) < 4.78 is 1.36. The van der Waals surface area contributed by atoms with Gasteiger partial charge in [-0.1, -0.05) is 17.7 Å². The molecule has 1 aliphatic rings. The van der Waals surface area contributed by atoms with Gasteiger partial charge >= 0.3 is 6.03 Å². The predicted octanol–water partition coefficient (Wildman–Crippen LogP) is 2.43. The van der Waals surface area contributed by atoms with Crippen molar-refractivity contribution in [2.24, 2.45) is 0 Å². The van der Waals surface area contributed by atoms with E-state index < -0.39 is 0 Å². The van der Waals surface area contributed by atoms with Crippen LogP contribution in [-0.4, -0.2) is 16.5 Å². The average molecular weight is 226 g/mol. The number of carbonyl (C=O) groups excluding carboxylic acids is 2. The van der Waals surface area contributed by atoms with E-state index in [1.54, 1.807) is 30.5 Å². The van der Waals surface area contributed by atoms with Crippen LogP contribution in [0.5, 0.6) is 0 Å². The van der Waals surface area contributed by atoms with E-state index in [9.17, 15) is 9.59 Å². The second-order valence-electron chi connectivity index (χ2n) is 4.02. The highest BCUT2D eigenvalue weighted by molar-refractivity contribution is 6.26. The Kier molecular flexibility index (Phi) is 1.92. The molecule has 1 aromatic carbocycles. The number of imide groups is 1. The van der Waals surface area contributed by atoms with Gasteiger partial charge in [0.1, 0.15) is 5.69 Å². The van der Waals surface area contributed by atoms with Gasteiger partial charge in [-0.3, -0.25) is 9.36 Å². The first kappa shape index (κ1) is 9.84. The van der Waals surface area contributed by atoms with Crippen LogP contribution in [0.15, 0.2) is 42.6 Å². The van der Waals surface area contributed by atoms with Gasteiger partial charge in [-0.05, 0) is 31.2 Å². The monoisotopic (exact) mass is 226 g/mol. The number of fused-ring (bicyclic) bond motifs is 1. The zero-order valence-corrected chi connectivity index (χ0v) is 9.25. The molecule has 0 saturated heterocycles. The van der Waals surface area contributed by atoms with Crippen LogP contribution in [0.3, 0.4) is 0 Å². The minimum Gasteiger partial charge on any atom is -0.266 e. The van der Waals surface area contributed by atoms with Crippen molar-refractivity contribution in [2.45, 2.75) is 6.92 Å². The van der Waals surface area contributed by atoms with E-state index in [2.05, 4.69) is 0 Å². The smallest absolute Gasteiger partial charge is 0.266 e. The highest BCUT2D eigenvalue weighted by atomic mass is 16.2. The lowest BCUT2D eigenvalue weighted by atomic mass is 10.2. The SMILES string of the molecule is Cc1ccc(N2C(=O)c3cccn3C2=O)cc1. The van der Waals surface area contributed by atoms with Crippen molar-refractivity contribution in [1.82, 2.24) is 4.57 Å². The van der Waals surface area contributed by atoms with Crippen molar-refractivity contribution in [3.8, 4) is 0 Å². The van der Waals surface area contributed by atoms with Crippen LogP contribution in [0.4, 0.5) is 10.5 Å². The number of aryl methyl sites for hydroxylation is 1. The third-order valence-electron chi connectivity index (χ3n) is 2.86. The van der Waals surface area contributed by atoms with Crippen LogP contribution in [0.25, 0.3) is 0 Å². The molecule has 3 rings (SSSR count). The molecular formula is C13H10N2O2. The fourth-order valence-electron chi connectivity index (χ4n) is 1.95. The normalized spacial score (nSPS) is 14.3. The number of rotatable bonds is 1. The van der Waals surface area contributed by atoms with Gasteiger partial charge < -0.3 is 0 Å². The van der Waals surface area contributed by atoms with Gasteiger partial charge in [0, 0.05) is 6.20 Å². The second kappa shape index (κ2) is 3.31. The molecule has 84 valence electrons. The molecule has 2 heterocycles. The molecule has 0 saturated carbocycles. The molecule has 0 N–H and O–H groups in total. The van der Waals surface area contributed by atoms with Crippen LogP contribution in [0.1, 0.15) is 16.1 Å². The van der Waals surface area contributed by atoms with Gasteiger partial charge in [-0.2, -0.15) is 0 Å². The highest BCUT2D eigenvalue weighted by Gasteiger charge is 2.35. The summed E-state index contributed by atoms with van der Waals surface area (Å²) in [6.07, 6.45) is 1.60. The van der Waals surface area contributed by atoms with E-state index in [1.807, 2.05) is 19.1 Å². The van der Waals surface area contributed by atoms with Gasteiger partial charge in [-0.25, -0.2) is 9.69 Å². The molecule has 0 spiro atoms. The fourth-order valence-corrected chi connectivity index (χ4v) is 1.95. The van der Waals surface area contributed by atoms with Crippen molar-refractivity contribution in [3.05, 3.63) is 53.9 Å². The Morgan fingerprint density at radius 1 is 1.00 bits per heavy atom. The minimum atomic E-state index is -0.321. The van der Waals surface area contributed by atoms with Crippen LogP contribution in [0.2, 0.25) is 0 Å². The molecule has 17 heavy (non-hydrogen) atoms. The molecule has 1 aliphatic heterocycles. The maximum atomic E-state index is 12.0. The molecule has 0 radical (unpaired) electrons. The van der Waals surface area contributed by atoms with Crippen LogP contribution in [0, 0.1) is 6.92 Å². The molecule has 2 aromatic rings. The van der Waals surface area contributed by atoms with Gasteiger partial charge in [0.2, 0.25) is 0 Å². The Labute approximate surface area is 98.1 Å². The Morgan fingerprint density at radius 3 is 2.35 bits per heavy atom. The first-order chi connectivity index (χ1) is 8.18. The summed E-state index contributed by atoms with van der Waals surface area (Å²) in [6.45, 7) is 1.96. The number of anilines is 1. The topological polar surface area (TPSA) is 42.3 Å². The number of hydrogen-bond donors (Lipinski definition) is 0. The zero-order chi connectivity index (χ0) is 12.0. The molecule has 0 bridgehead atoms. The predicted molar refractivity (Wildman–Crippen MR) is 63.2 cm³/mol. The Morgan fingerprint density at radius 2 is 1.71 bits per heavy atom. The molecular weight excluding hydrogens is 216 g/mol. The third kappa shape index (κ3) is 1.30. The molecule has 0 fully saturated rings. The lowest BCUT2D eigenvalue weighted by Gasteiger charge is -2.13. The van der Waals surface area contributed by atoms with Crippen molar-refractivity contribution >= 4 is 17.6 Å². The Balaban J connectivity index is 2.07. The number of amides is 2. The average Bonchev–Trinajstić information content (AvgIpc) is 2.87. The van der Waals surface area contributed by atoms with Crippen molar-refractivity contribution in [3.63, 3.8) is 0 Å². The van der Waals surface area contributed by atoms with Gasteiger partial charge in [0.25, 0.3) is 5.91 Å². The van der Waals surface area contributed by atoms with E-state index in [0.29, 0.717) is 11.4 Å². The Hall–Kier alpha value is -2.36. The quantitative estimate of drug-likeness (QED) is 0.749. The molecule has 2 amide bonds. The van der Waals surface area contributed by atoms with Gasteiger partial charge in [0.15, 0.2) is 0 Å². The van der Waals surface area contributed by atoms with E-state index in [-0.39, 0.29) is 11.9 Å². The summed E-state index contributed by atoms with van der Waals surface area (Å²) in [5.41, 5.74) is 2.11. The number of benzene rings is 1. The zero-order valence-electron chi connectivity index (χ0n) is 9.25. The summed E-state index contributed by atoms with van der Waals surface area (Å²) >= 11 is 0. The maximum Gasteiger partial charge on any atom is 0.340 e. The van der Waals surface area contributed by atoms with E-state index in [0.717, 1.165) is 5.56 Å². The first-order valence-electron chi connectivity index (χ1n) is 5.31. The standard InChI is InChI=1S/C13H10N2O2/c1-9-4-6-10(7-5-9)15-12(16)11-3-2-8-14(11)13(15)17/h2-8H,1H3. The van der Waals surface area contributed by atoms with Crippen molar-refractivity contribution in [1.29, 1.82) is 0 Å². The van der Waals surface area contributed by atoms with E-state index >= 15 is 0 Å². The largest absolute Gasteiger partial charge is 0.340 e. The lowest BCUT2D eigenvalue weighted by molar-refractivity contribution is 0.100. The number of aromatic nitrogens is 1. The van der Waals surface area contributed by atoms with Crippen LogP contribution >= 0.6 is 0 Å². The molecule has 1 aromatic heterocycles. The van der Waals surface area contributed by atoms with Gasteiger partial charge in [0.05, 0.1) is 5.69 Å². The minimum absolute atomic E-state index is 0.274. The summed E-state index contributed by atoms with van der Waals surface area (Å²) in [6, 6.07) is 10.3. The summed E-state index contributed by atoms with van der Waals surface area (Å²) in [7, 11) is 0. The Bertz CT molecular complexity index is 580. The molecule has 4 nitrogen and oxygen atoms in total. The number of nitrogens with zero attached hydrogens (tertiary/aromatic N) is 2. The second-order valence-corrected chi connectivity index (χ2v) is 4.02. The van der Waals surface area contributed by atoms with Crippen LogP contribution in [-0.2, 0) is 0 Å². The summed E-state index contributed by atoms with van der Waals surface area (Å²) in [5, 5.41) is 0. The lowest BCUT2D eigenvalue weighted by Crippen LogP contribution is -2.30. The summed E-state index contributed by atoms with van der Waals surface area (Å²) in [4.78, 5) is 25.2. The van der Waals surface area contributed by atoms with E-state index in [1.165, 1.54) is 9.47 Å². The number of carbonyl (C=O) groups is 2. The van der Waals surface area contributed by atoms with Crippen molar-refractivity contribution in [2.75, 3.05) is 4.90 Å². The molecule has 0 unspecified atom stereocenters. The first-order valence-corrected chi connectivity index (χ1v) is 5.31. The van der Waals surface area contributed by atoms with Crippen LogP contribution < -0.4 is 4.90 Å². The molecule has 4 heteroatoms. The maximum absolute atomic E-state index is 12.0. The third-order valence-corrected chi connectivity index (χ3v) is 2.86. The van der Waals surface area contributed by atoms with Crippen molar-refractivity contribution < 1.29 is 9.59 Å². The highest BCUT2D eigenvalue weighted by Crippen LogP contribution is 2.24. The van der Waals surface area contributed by atoms with E-state index in [4.69, 9.17) is 0 Å². The summed E-state index contributed by atoms with van der Waals surface area (Å²) in [5.74, 6) is -0.274. The fraction of sp³-hybridized carbons (Fsp3) is 0.0769. The van der Waals surface area contributed by atoms with Gasteiger partial charge in [-0.15, -0.1) is 0 Å². The molecule has 0 atom stereocenters.